The largest absolute Gasteiger partial charge is 0.371 e. The second kappa shape index (κ2) is 5.06. The van der Waals surface area contributed by atoms with Crippen LogP contribution >= 0.6 is 23.5 Å². The highest BCUT2D eigenvalue weighted by Crippen LogP contribution is 2.25. The Morgan fingerprint density at radius 1 is 1.82 bits per heavy atom. The van der Waals surface area contributed by atoms with E-state index in [0.717, 1.165) is 18.3 Å². The first-order chi connectivity index (χ1) is 5.33. The number of thioether (sulfide) groups is 2. The highest BCUT2D eigenvalue weighted by atomic mass is 32.2. The molecule has 0 spiro atoms. The van der Waals surface area contributed by atoms with Gasteiger partial charge in [0, 0.05) is 12.4 Å². The van der Waals surface area contributed by atoms with Gasteiger partial charge in [0.1, 0.15) is 4.38 Å². The first-order valence-corrected chi connectivity index (χ1v) is 5.71. The SMILES string of the molecule is CCOCSC1=NC(C)CS1. The minimum absolute atomic E-state index is 0.504. The fraction of sp³-hybridized carbons (Fsp3) is 0.857. The maximum atomic E-state index is 5.20. The second-order valence-corrected chi connectivity index (χ2v) is 4.49. The lowest BCUT2D eigenvalue weighted by Crippen LogP contribution is -1.93. The summed E-state index contributed by atoms with van der Waals surface area (Å²) in [6.45, 7) is 4.94. The van der Waals surface area contributed by atoms with Crippen molar-refractivity contribution in [2.24, 2.45) is 4.99 Å². The Morgan fingerprint density at radius 3 is 3.18 bits per heavy atom. The summed E-state index contributed by atoms with van der Waals surface area (Å²) in [5.74, 6) is 1.88. The highest BCUT2D eigenvalue weighted by Gasteiger charge is 2.13. The van der Waals surface area contributed by atoms with Crippen molar-refractivity contribution >= 4 is 27.9 Å². The Kier molecular flexibility index (Phi) is 4.33. The van der Waals surface area contributed by atoms with Crippen LogP contribution in [0.4, 0.5) is 0 Å². The smallest absolute Gasteiger partial charge is 0.127 e. The molecule has 0 aromatic heterocycles. The van der Waals surface area contributed by atoms with Gasteiger partial charge in [-0.25, -0.2) is 0 Å². The van der Waals surface area contributed by atoms with E-state index in [1.54, 1.807) is 11.8 Å². The van der Waals surface area contributed by atoms with Gasteiger partial charge in [0.25, 0.3) is 0 Å². The van der Waals surface area contributed by atoms with Gasteiger partial charge in [0.2, 0.25) is 0 Å². The first-order valence-electron chi connectivity index (χ1n) is 3.74. The third kappa shape index (κ3) is 3.49. The normalized spacial score (nSPS) is 23.8. The van der Waals surface area contributed by atoms with Crippen LogP contribution in [0.25, 0.3) is 0 Å². The molecule has 0 aromatic rings. The van der Waals surface area contributed by atoms with Crippen molar-refractivity contribution in [2.75, 3.05) is 18.3 Å². The predicted octanol–water partition coefficient (Wildman–Crippen LogP) is 2.20. The Hall–Kier alpha value is 0.330. The Balaban J connectivity index is 2.12. The van der Waals surface area contributed by atoms with E-state index in [4.69, 9.17) is 4.74 Å². The summed E-state index contributed by atoms with van der Waals surface area (Å²) < 4.78 is 6.39. The van der Waals surface area contributed by atoms with Crippen LogP contribution in [0.1, 0.15) is 13.8 Å². The second-order valence-electron chi connectivity index (χ2n) is 2.31. The van der Waals surface area contributed by atoms with Crippen molar-refractivity contribution in [3.63, 3.8) is 0 Å². The van der Waals surface area contributed by atoms with E-state index in [-0.39, 0.29) is 0 Å². The highest BCUT2D eigenvalue weighted by molar-refractivity contribution is 8.39. The molecule has 64 valence electrons. The van der Waals surface area contributed by atoms with Crippen molar-refractivity contribution in [3.05, 3.63) is 0 Å². The van der Waals surface area contributed by atoms with Crippen LogP contribution in [-0.2, 0) is 4.74 Å². The molecule has 0 fully saturated rings. The molecule has 1 atom stereocenters. The van der Waals surface area contributed by atoms with Gasteiger partial charge in [-0.15, -0.1) is 0 Å². The average molecular weight is 191 g/mol. The van der Waals surface area contributed by atoms with Gasteiger partial charge in [-0.05, 0) is 13.8 Å². The minimum Gasteiger partial charge on any atom is -0.371 e. The summed E-state index contributed by atoms with van der Waals surface area (Å²) in [6.07, 6.45) is 0. The lowest BCUT2D eigenvalue weighted by molar-refractivity contribution is 0.200. The molecule has 4 heteroatoms. The van der Waals surface area contributed by atoms with E-state index >= 15 is 0 Å². The van der Waals surface area contributed by atoms with E-state index in [2.05, 4.69) is 11.9 Å². The molecule has 1 heterocycles. The molecule has 0 saturated heterocycles. The van der Waals surface area contributed by atoms with Crippen LogP contribution in [0, 0.1) is 0 Å². The number of hydrogen-bond acceptors (Lipinski definition) is 4. The molecule has 0 aliphatic carbocycles. The number of aliphatic imine (C=N–C) groups is 1. The van der Waals surface area contributed by atoms with Gasteiger partial charge in [-0.3, -0.25) is 4.99 Å². The van der Waals surface area contributed by atoms with Crippen molar-refractivity contribution in [3.8, 4) is 0 Å². The molecule has 1 aliphatic rings. The van der Waals surface area contributed by atoms with Gasteiger partial charge < -0.3 is 4.74 Å². The van der Waals surface area contributed by atoms with Crippen LogP contribution in [0.5, 0.6) is 0 Å². The van der Waals surface area contributed by atoms with Gasteiger partial charge in [-0.2, -0.15) is 0 Å². The lowest BCUT2D eigenvalue weighted by atomic mass is 10.4. The first kappa shape index (κ1) is 9.42. The summed E-state index contributed by atoms with van der Waals surface area (Å²) in [5, 5.41) is 0. The Bertz CT molecular complexity index is 149. The van der Waals surface area contributed by atoms with Gasteiger partial charge in [0.15, 0.2) is 0 Å². The Labute approximate surface area is 76.2 Å². The fourth-order valence-corrected chi connectivity index (χ4v) is 2.70. The zero-order valence-corrected chi connectivity index (χ0v) is 8.50. The molecule has 2 nitrogen and oxygen atoms in total. The lowest BCUT2D eigenvalue weighted by Gasteiger charge is -1.98. The third-order valence-electron chi connectivity index (χ3n) is 1.24. The predicted molar refractivity (Wildman–Crippen MR) is 53.4 cm³/mol. The molecule has 0 N–H and O–H groups in total. The maximum absolute atomic E-state index is 5.20. The molecule has 0 bridgehead atoms. The molecule has 0 radical (unpaired) electrons. The molecule has 0 aromatic carbocycles. The summed E-state index contributed by atoms with van der Waals surface area (Å²) in [7, 11) is 0. The molecular weight excluding hydrogens is 178 g/mol. The standard InChI is InChI=1S/C7H13NOS2/c1-3-9-5-11-7-8-6(2)4-10-7/h6H,3-5H2,1-2H3. The van der Waals surface area contributed by atoms with E-state index in [9.17, 15) is 0 Å². The summed E-state index contributed by atoms with van der Waals surface area (Å²) in [5.41, 5.74) is 0. The summed E-state index contributed by atoms with van der Waals surface area (Å²) in [4.78, 5) is 4.42. The number of nitrogens with zero attached hydrogens (tertiary/aromatic N) is 1. The molecular formula is C7H13NOS2. The van der Waals surface area contributed by atoms with Crippen molar-refractivity contribution in [2.45, 2.75) is 19.9 Å². The van der Waals surface area contributed by atoms with Crippen LogP contribution in [-0.4, -0.2) is 28.7 Å². The van der Waals surface area contributed by atoms with Gasteiger partial charge in [-0.1, -0.05) is 23.5 Å². The minimum atomic E-state index is 0.504. The zero-order valence-electron chi connectivity index (χ0n) is 6.87. The zero-order chi connectivity index (χ0) is 8.10. The maximum Gasteiger partial charge on any atom is 0.127 e. The number of hydrogen-bond donors (Lipinski definition) is 0. The van der Waals surface area contributed by atoms with Crippen LogP contribution in [0.15, 0.2) is 4.99 Å². The van der Waals surface area contributed by atoms with Crippen LogP contribution in [0.2, 0.25) is 0 Å². The van der Waals surface area contributed by atoms with Crippen LogP contribution < -0.4 is 0 Å². The fourth-order valence-electron chi connectivity index (χ4n) is 0.701. The van der Waals surface area contributed by atoms with Gasteiger partial charge in [0.05, 0.1) is 12.0 Å². The summed E-state index contributed by atoms with van der Waals surface area (Å²) in [6, 6.07) is 0.504. The van der Waals surface area contributed by atoms with E-state index in [1.807, 2.05) is 18.7 Å². The van der Waals surface area contributed by atoms with Crippen molar-refractivity contribution in [1.29, 1.82) is 0 Å². The van der Waals surface area contributed by atoms with Crippen molar-refractivity contribution < 1.29 is 4.74 Å². The third-order valence-corrected chi connectivity index (χ3v) is 3.59. The topological polar surface area (TPSA) is 21.6 Å². The van der Waals surface area contributed by atoms with Gasteiger partial charge >= 0.3 is 0 Å². The summed E-state index contributed by atoms with van der Waals surface area (Å²) >= 11 is 3.54. The molecule has 11 heavy (non-hydrogen) atoms. The molecule has 1 unspecified atom stereocenters. The molecule has 1 aliphatic heterocycles. The quantitative estimate of drug-likeness (QED) is 0.504. The van der Waals surface area contributed by atoms with E-state index in [1.165, 1.54) is 4.38 Å². The van der Waals surface area contributed by atoms with Crippen LogP contribution in [0.3, 0.4) is 0 Å². The average Bonchev–Trinajstić information content (AvgIpc) is 2.37. The monoisotopic (exact) mass is 191 g/mol. The molecule has 1 rings (SSSR count). The number of ether oxygens (including phenoxy) is 1. The van der Waals surface area contributed by atoms with Crippen molar-refractivity contribution in [1.82, 2.24) is 0 Å². The molecule has 0 amide bonds. The Morgan fingerprint density at radius 2 is 2.64 bits per heavy atom. The van der Waals surface area contributed by atoms with E-state index in [0.29, 0.717) is 6.04 Å². The number of rotatable bonds is 3. The molecule has 0 saturated carbocycles. The van der Waals surface area contributed by atoms with E-state index < -0.39 is 0 Å².